The van der Waals surface area contributed by atoms with Gasteiger partial charge in [-0.2, -0.15) is 0 Å². The molecule has 19 heavy (non-hydrogen) atoms. The second kappa shape index (κ2) is 7.79. The number of rotatable bonds is 3. The Kier molecular flexibility index (Phi) is 6.71. The molecule has 0 saturated carbocycles. The van der Waals surface area contributed by atoms with E-state index in [2.05, 4.69) is 4.98 Å². The molecule has 0 radical (unpaired) electrons. The first kappa shape index (κ1) is 16.4. The number of amides is 1. The predicted molar refractivity (Wildman–Crippen MR) is 78.1 cm³/mol. The zero-order chi connectivity index (χ0) is 13.0. The van der Waals surface area contributed by atoms with Crippen LogP contribution in [0.4, 0.5) is 0 Å². The zero-order valence-electron chi connectivity index (χ0n) is 11.0. The van der Waals surface area contributed by atoms with Crippen LogP contribution in [0.1, 0.15) is 28.8 Å². The Labute approximate surface area is 123 Å². The van der Waals surface area contributed by atoms with Crippen LogP contribution >= 0.6 is 23.7 Å². The molecule has 1 unspecified atom stereocenters. The lowest BCUT2D eigenvalue weighted by Gasteiger charge is -2.20. The van der Waals surface area contributed by atoms with E-state index < -0.39 is 0 Å². The number of aromatic nitrogens is 1. The van der Waals surface area contributed by atoms with Crippen LogP contribution in [0.5, 0.6) is 0 Å². The average Bonchev–Trinajstić information content (AvgIpc) is 2.70. The molecule has 1 amide bonds. The molecule has 2 heterocycles. The van der Waals surface area contributed by atoms with Crippen LogP contribution in [-0.4, -0.2) is 48.1 Å². The molecule has 5 nitrogen and oxygen atoms in total. The normalized spacial score (nSPS) is 19.7. The number of carbonyl (C=O) groups is 1. The van der Waals surface area contributed by atoms with E-state index in [-0.39, 0.29) is 24.4 Å². The summed E-state index contributed by atoms with van der Waals surface area (Å²) in [6, 6.07) is 0. The average molecular weight is 306 g/mol. The second-order valence-electron chi connectivity index (χ2n) is 4.45. The van der Waals surface area contributed by atoms with E-state index in [4.69, 9.17) is 10.5 Å². The number of hydrogen-bond acceptors (Lipinski definition) is 5. The minimum atomic E-state index is 0. The van der Waals surface area contributed by atoms with Gasteiger partial charge in [0.15, 0.2) is 0 Å². The summed E-state index contributed by atoms with van der Waals surface area (Å²) in [5, 5.41) is 2.75. The minimum absolute atomic E-state index is 0. The molecule has 7 heteroatoms. The van der Waals surface area contributed by atoms with Gasteiger partial charge in [-0.1, -0.05) is 0 Å². The molecular weight excluding hydrogens is 286 g/mol. The van der Waals surface area contributed by atoms with Crippen molar-refractivity contribution in [1.82, 2.24) is 9.88 Å². The van der Waals surface area contributed by atoms with E-state index in [1.54, 1.807) is 0 Å². The van der Waals surface area contributed by atoms with Crippen LogP contribution in [0.15, 0.2) is 5.38 Å². The summed E-state index contributed by atoms with van der Waals surface area (Å²) in [6.45, 7) is 4.66. The fraction of sp³-hybridized carbons (Fsp3) is 0.667. The highest BCUT2D eigenvalue weighted by Gasteiger charge is 2.22. The fourth-order valence-electron chi connectivity index (χ4n) is 1.99. The molecule has 0 spiro atoms. The Morgan fingerprint density at radius 2 is 2.47 bits per heavy atom. The lowest BCUT2D eigenvalue weighted by molar-refractivity contribution is 0.0560. The maximum absolute atomic E-state index is 12.3. The van der Waals surface area contributed by atoms with Crippen LogP contribution < -0.4 is 5.73 Å². The fourth-order valence-corrected chi connectivity index (χ4v) is 2.78. The molecule has 1 fully saturated rings. The summed E-state index contributed by atoms with van der Waals surface area (Å²) < 4.78 is 5.53. The van der Waals surface area contributed by atoms with Gasteiger partial charge >= 0.3 is 0 Å². The molecule has 1 aromatic heterocycles. The quantitative estimate of drug-likeness (QED) is 0.914. The third-order valence-electron chi connectivity index (χ3n) is 2.87. The predicted octanol–water partition coefficient (Wildman–Crippen LogP) is 1.32. The molecule has 1 aromatic rings. The van der Waals surface area contributed by atoms with Gasteiger partial charge in [0.25, 0.3) is 5.91 Å². The molecule has 108 valence electrons. The molecule has 0 aromatic carbocycles. The molecule has 0 aliphatic carbocycles. The standard InChI is InChI=1S/C12H19N3O2S.ClH/c1-9-7-15(5-2-6-17-9)12(16)10-8-18-11(14-10)3-4-13;/h8-9H,2-7,13H2,1H3;1H. The van der Waals surface area contributed by atoms with Crippen molar-refractivity contribution in [3.63, 3.8) is 0 Å². The largest absolute Gasteiger partial charge is 0.377 e. The van der Waals surface area contributed by atoms with Gasteiger partial charge in [0.1, 0.15) is 5.69 Å². The second-order valence-corrected chi connectivity index (χ2v) is 5.39. The first-order chi connectivity index (χ1) is 8.70. The number of halogens is 1. The number of nitrogens with zero attached hydrogens (tertiary/aromatic N) is 2. The maximum atomic E-state index is 12.3. The zero-order valence-corrected chi connectivity index (χ0v) is 12.6. The van der Waals surface area contributed by atoms with Crippen molar-refractivity contribution in [2.24, 2.45) is 5.73 Å². The van der Waals surface area contributed by atoms with Crippen LogP contribution in [0, 0.1) is 0 Å². The molecule has 1 aliphatic heterocycles. The third-order valence-corrected chi connectivity index (χ3v) is 3.78. The highest BCUT2D eigenvalue weighted by Crippen LogP contribution is 2.14. The Morgan fingerprint density at radius 1 is 1.68 bits per heavy atom. The first-order valence-electron chi connectivity index (χ1n) is 6.26. The van der Waals surface area contributed by atoms with E-state index in [0.29, 0.717) is 18.8 Å². The van der Waals surface area contributed by atoms with Crippen molar-refractivity contribution in [2.75, 3.05) is 26.2 Å². The molecule has 2 rings (SSSR count). The lowest BCUT2D eigenvalue weighted by Crippen LogP contribution is -2.36. The number of hydrogen-bond donors (Lipinski definition) is 1. The van der Waals surface area contributed by atoms with Crippen molar-refractivity contribution in [3.05, 3.63) is 16.1 Å². The van der Waals surface area contributed by atoms with Crippen LogP contribution in [0.2, 0.25) is 0 Å². The van der Waals surface area contributed by atoms with Gasteiger partial charge in [-0.25, -0.2) is 4.98 Å². The summed E-state index contributed by atoms with van der Waals surface area (Å²) in [5.74, 6) is 0.00636. The van der Waals surface area contributed by atoms with Crippen molar-refractivity contribution >= 4 is 29.7 Å². The van der Waals surface area contributed by atoms with Crippen molar-refractivity contribution in [3.8, 4) is 0 Å². The Hall–Kier alpha value is -0.690. The Bertz CT molecular complexity index is 413. The maximum Gasteiger partial charge on any atom is 0.273 e. The number of carbonyl (C=O) groups excluding carboxylic acids is 1. The highest BCUT2D eigenvalue weighted by atomic mass is 35.5. The van der Waals surface area contributed by atoms with E-state index in [1.807, 2.05) is 17.2 Å². The SMILES string of the molecule is CC1CN(C(=O)c2csc(CCN)n2)CCCO1.Cl. The van der Waals surface area contributed by atoms with Crippen LogP contribution in [0.25, 0.3) is 0 Å². The molecule has 0 bridgehead atoms. The van der Waals surface area contributed by atoms with Crippen molar-refractivity contribution in [1.29, 1.82) is 0 Å². The van der Waals surface area contributed by atoms with Crippen molar-refractivity contribution in [2.45, 2.75) is 25.9 Å². The number of nitrogens with two attached hydrogens (primary N) is 1. The molecule has 1 atom stereocenters. The third kappa shape index (κ3) is 4.42. The molecule has 2 N–H and O–H groups in total. The summed E-state index contributed by atoms with van der Waals surface area (Å²) >= 11 is 1.50. The van der Waals surface area contributed by atoms with Gasteiger partial charge in [0.2, 0.25) is 0 Å². The highest BCUT2D eigenvalue weighted by molar-refractivity contribution is 7.09. The Balaban J connectivity index is 0.00000180. The number of ether oxygens (including phenoxy) is 1. The topological polar surface area (TPSA) is 68.5 Å². The van der Waals surface area contributed by atoms with Gasteiger partial charge in [0.05, 0.1) is 11.1 Å². The summed E-state index contributed by atoms with van der Waals surface area (Å²) in [5.41, 5.74) is 6.02. The van der Waals surface area contributed by atoms with Gasteiger partial charge < -0.3 is 15.4 Å². The molecule has 1 aliphatic rings. The van der Waals surface area contributed by atoms with Crippen LogP contribution in [-0.2, 0) is 11.2 Å². The summed E-state index contributed by atoms with van der Waals surface area (Å²) in [7, 11) is 0. The first-order valence-corrected chi connectivity index (χ1v) is 7.14. The van der Waals surface area contributed by atoms with Gasteiger partial charge in [0, 0.05) is 31.5 Å². The van der Waals surface area contributed by atoms with E-state index in [9.17, 15) is 4.79 Å². The molecular formula is C12H20ClN3O2S. The van der Waals surface area contributed by atoms with Crippen LogP contribution in [0.3, 0.4) is 0 Å². The lowest BCUT2D eigenvalue weighted by atomic mass is 10.3. The van der Waals surface area contributed by atoms with E-state index in [0.717, 1.165) is 31.0 Å². The van der Waals surface area contributed by atoms with Crippen molar-refractivity contribution < 1.29 is 9.53 Å². The van der Waals surface area contributed by atoms with E-state index in [1.165, 1.54) is 11.3 Å². The smallest absolute Gasteiger partial charge is 0.273 e. The van der Waals surface area contributed by atoms with Gasteiger partial charge in [-0.3, -0.25) is 4.79 Å². The summed E-state index contributed by atoms with van der Waals surface area (Å²) in [4.78, 5) is 18.5. The van der Waals surface area contributed by atoms with E-state index >= 15 is 0 Å². The minimum Gasteiger partial charge on any atom is -0.377 e. The monoisotopic (exact) mass is 305 g/mol. The van der Waals surface area contributed by atoms with Gasteiger partial charge in [-0.05, 0) is 19.9 Å². The molecule has 1 saturated heterocycles. The Morgan fingerprint density at radius 3 is 3.21 bits per heavy atom. The van der Waals surface area contributed by atoms with Gasteiger partial charge in [-0.15, -0.1) is 23.7 Å². The summed E-state index contributed by atoms with van der Waals surface area (Å²) in [6.07, 6.45) is 1.71. The number of thiazole rings is 1.